The van der Waals surface area contributed by atoms with Gasteiger partial charge in [-0.25, -0.2) is 4.79 Å². The van der Waals surface area contributed by atoms with Crippen LogP contribution in [0.5, 0.6) is 0 Å². The Hall–Kier alpha value is -2.38. The van der Waals surface area contributed by atoms with Crippen LogP contribution in [0.15, 0.2) is 11.0 Å². The molecule has 0 aromatic carbocycles. The van der Waals surface area contributed by atoms with Gasteiger partial charge in [0.1, 0.15) is 18.3 Å². The van der Waals surface area contributed by atoms with Gasteiger partial charge in [-0.05, 0) is 6.42 Å². The molecule has 8 heteroatoms. The highest BCUT2D eigenvalue weighted by atomic mass is 16.2. The standard InChI is InChI=1S/C10H12N4O4/c1-2-6-8(16)13-7(15)4-14(6)9(17)5-3-11-10(18)12-5/h3,6H,2,4H2,1H3,(H2,11,12,18)(H,13,15,16). The van der Waals surface area contributed by atoms with Crippen LogP contribution in [0.4, 0.5) is 0 Å². The molecule has 96 valence electrons. The van der Waals surface area contributed by atoms with Gasteiger partial charge in [0.2, 0.25) is 11.8 Å². The maximum atomic E-state index is 12.1. The lowest BCUT2D eigenvalue weighted by Gasteiger charge is -2.32. The van der Waals surface area contributed by atoms with E-state index in [9.17, 15) is 19.2 Å². The zero-order valence-electron chi connectivity index (χ0n) is 9.65. The summed E-state index contributed by atoms with van der Waals surface area (Å²) in [6.45, 7) is 1.54. The highest BCUT2D eigenvalue weighted by molar-refractivity contribution is 6.06. The monoisotopic (exact) mass is 252 g/mol. The lowest BCUT2D eigenvalue weighted by molar-refractivity contribution is -0.138. The molecule has 1 saturated heterocycles. The molecule has 1 aromatic rings. The molecule has 8 nitrogen and oxygen atoms in total. The van der Waals surface area contributed by atoms with E-state index in [1.807, 2.05) is 0 Å². The number of piperazine rings is 1. The Bertz CT molecular complexity index is 558. The molecule has 0 radical (unpaired) electrons. The molecular formula is C10H12N4O4. The molecule has 1 atom stereocenters. The van der Waals surface area contributed by atoms with Crippen molar-refractivity contribution in [2.45, 2.75) is 19.4 Å². The number of nitrogens with one attached hydrogen (secondary N) is 3. The Kier molecular flexibility index (Phi) is 3.00. The maximum absolute atomic E-state index is 12.1. The third-order valence-corrected chi connectivity index (χ3v) is 2.73. The third-order valence-electron chi connectivity index (χ3n) is 2.73. The fourth-order valence-electron chi connectivity index (χ4n) is 1.89. The van der Waals surface area contributed by atoms with Gasteiger partial charge in [0.15, 0.2) is 0 Å². The van der Waals surface area contributed by atoms with E-state index < -0.39 is 29.5 Å². The minimum atomic E-state index is -0.700. The van der Waals surface area contributed by atoms with E-state index in [4.69, 9.17) is 0 Å². The molecule has 0 spiro atoms. The topological polar surface area (TPSA) is 115 Å². The van der Waals surface area contributed by atoms with E-state index >= 15 is 0 Å². The number of aromatic amines is 2. The Morgan fingerprint density at radius 1 is 1.44 bits per heavy atom. The summed E-state index contributed by atoms with van der Waals surface area (Å²) < 4.78 is 0. The van der Waals surface area contributed by atoms with Gasteiger partial charge in [0, 0.05) is 6.20 Å². The summed E-state index contributed by atoms with van der Waals surface area (Å²) in [6, 6.07) is -0.700. The summed E-state index contributed by atoms with van der Waals surface area (Å²) in [5.41, 5.74) is -0.486. The fraction of sp³-hybridized carbons (Fsp3) is 0.400. The lowest BCUT2D eigenvalue weighted by Crippen LogP contribution is -2.59. The van der Waals surface area contributed by atoms with Gasteiger partial charge >= 0.3 is 5.69 Å². The smallest absolute Gasteiger partial charge is 0.316 e. The Morgan fingerprint density at radius 3 is 2.72 bits per heavy atom. The van der Waals surface area contributed by atoms with Crippen molar-refractivity contribution in [2.24, 2.45) is 0 Å². The largest absolute Gasteiger partial charge is 0.323 e. The van der Waals surface area contributed by atoms with Crippen LogP contribution in [-0.4, -0.2) is 45.2 Å². The predicted octanol–water partition coefficient (Wildman–Crippen LogP) is -1.42. The highest BCUT2D eigenvalue weighted by Gasteiger charge is 2.36. The normalized spacial score (nSPS) is 19.8. The van der Waals surface area contributed by atoms with Crippen molar-refractivity contribution < 1.29 is 14.4 Å². The highest BCUT2D eigenvalue weighted by Crippen LogP contribution is 2.12. The van der Waals surface area contributed by atoms with Crippen LogP contribution in [0.1, 0.15) is 23.8 Å². The van der Waals surface area contributed by atoms with Crippen molar-refractivity contribution in [2.75, 3.05) is 6.54 Å². The quantitative estimate of drug-likeness (QED) is 0.560. The van der Waals surface area contributed by atoms with Crippen LogP contribution < -0.4 is 11.0 Å². The average Bonchev–Trinajstić information content (AvgIpc) is 2.74. The molecule has 1 unspecified atom stereocenters. The number of carbonyl (C=O) groups excluding carboxylic acids is 3. The molecule has 2 rings (SSSR count). The number of rotatable bonds is 2. The summed E-state index contributed by atoms with van der Waals surface area (Å²) >= 11 is 0. The van der Waals surface area contributed by atoms with Gasteiger partial charge in [0.05, 0.1) is 0 Å². The molecule has 1 aliphatic heterocycles. The first-order valence-electron chi connectivity index (χ1n) is 5.45. The first-order chi connectivity index (χ1) is 8.52. The molecule has 1 aromatic heterocycles. The Balaban J connectivity index is 2.29. The second kappa shape index (κ2) is 4.47. The summed E-state index contributed by atoms with van der Waals surface area (Å²) in [4.78, 5) is 51.6. The molecule has 0 saturated carbocycles. The van der Waals surface area contributed by atoms with E-state index in [0.29, 0.717) is 6.42 Å². The van der Waals surface area contributed by atoms with E-state index in [1.54, 1.807) is 6.92 Å². The number of carbonyl (C=O) groups is 3. The fourth-order valence-corrected chi connectivity index (χ4v) is 1.89. The van der Waals surface area contributed by atoms with Crippen LogP contribution >= 0.6 is 0 Å². The van der Waals surface area contributed by atoms with E-state index in [0.717, 1.165) is 4.90 Å². The Labute approximate surface area is 101 Å². The van der Waals surface area contributed by atoms with Gasteiger partial charge in [-0.15, -0.1) is 0 Å². The molecule has 0 aliphatic carbocycles. The van der Waals surface area contributed by atoms with Gasteiger partial charge in [-0.2, -0.15) is 0 Å². The summed E-state index contributed by atoms with van der Waals surface area (Å²) in [5.74, 6) is -1.58. The first kappa shape index (κ1) is 12.1. The van der Waals surface area contributed by atoms with Gasteiger partial charge in [0.25, 0.3) is 5.91 Å². The number of imide groups is 1. The minimum absolute atomic E-state index is 0.0287. The number of hydrogen-bond acceptors (Lipinski definition) is 4. The van der Waals surface area contributed by atoms with Gasteiger partial charge in [-0.1, -0.05) is 6.92 Å². The third kappa shape index (κ3) is 2.04. The number of aromatic nitrogens is 2. The summed E-state index contributed by atoms with van der Waals surface area (Å²) in [6.07, 6.45) is 1.61. The maximum Gasteiger partial charge on any atom is 0.323 e. The number of amides is 3. The predicted molar refractivity (Wildman–Crippen MR) is 59.7 cm³/mol. The molecule has 0 bridgehead atoms. The van der Waals surface area contributed by atoms with E-state index in [2.05, 4.69) is 15.3 Å². The summed E-state index contributed by atoms with van der Waals surface area (Å²) in [5, 5.41) is 2.17. The molecule has 1 fully saturated rings. The van der Waals surface area contributed by atoms with Gasteiger partial charge < -0.3 is 14.9 Å². The molecule has 1 aliphatic rings. The lowest BCUT2D eigenvalue weighted by atomic mass is 10.1. The zero-order valence-corrected chi connectivity index (χ0v) is 9.65. The SMILES string of the molecule is CCC1C(=O)NC(=O)CN1C(=O)c1c[nH]c(=O)[nH]1. The van der Waals surface area contributed by atoms with Crippen LogP contribution in [0.25, 0.3) is 0 Å². The number of nitrogens with zero attached hydrogens (tertiary/aromatic N) is 1. The second-order valence-corrected chi connectivity index (χ2v) is 3.93. The average molecular weight is 252 g/mol. The van der Waals surface area contributed by atoms with Crippen molar-refractivity contribution in [3.63, 3.8) is 0 Å². The van der Waals surface area contributed by atoms with Crippen molar-refractivity contribution >= 4 is 17.7 Å². The van der Waals surface area contributed by atoms with Crippen LogP contribution in [0, 0.1) is 0 Å². The molecule has 3 N–H and O–H groups in total. The second-order valence-electron chi connectivity index (χ2n) is 3.93. The number of hydrogen-bond donors (Lipinski definition) is 3. The Morgan fingerprint density at radius 2 is 2.17 bits per heavy atom. The first-order valence-corrected chi connectivity index (χ1v) is 5.45. The van der Waals surface area contributed by atoms with E-state index in [1.165, 1.54) is 6.20 Å². The van der Waals surface area contributed by atoms with E-state index in [-0.39, 0.29) is 12.2 Å². The molecule has 18 heavy (non-hydrogen) atoms. The van der Waals surface area contributed by atoms with Crippen LogP contribution in [-0.2, 0) is 9.59 Å². The van der Waals surface area contributed by atoms with Crippen molar-refractivity contribution in [3.8, 4) is 0 Å². The summed E-state index contributed by atoms with van der Waals surface area (Å²) in [7, 11) is 0. The van der Waals surface area contributed by atoms with Crippen LogP contribution in [0.2, 0.25) is 0 Å². The minimum Gasteiger partial charge on any atom is -0.316 e. The van der Waals surface area contributed by atoms with Crippen molar-refractivity contribution in [1.29, 1.82) is 0 Å². The number of H-pyrrole nitrogens is 2. The van der Waals surface area contributed by atoms with Crippen LogP contribution in [0.3, 0.4) is 0 Å². The molecular weight excluding hydrogens is 240 g/mol. The molecule has 3 amide bonds. The van der Waals surface area contributed by atoms with Crippen molar-refractivity contribution in [3.05, 3.63) is 22.4 Å². The molecule has 2 heterocycles. The zero-order chi connectivity index (χ0) is 13.3. The van der Waals surface area contributed by atoms with Gasteiger partial charge in [-0.3, -0.25) is 19.7 Å². The number of imidazole rings is 1. The van der Waals surface area contributed by atoms with Crippen molar-refractivity contribution in [1.82, 2.24) is 20.2 Å².